The monoisotopic (exact) mass is 589 g/mol. The van der Waals surface area contributed by atoms with Crippen molar-refractivity contribution < 1.29 is 14.2 Å². The van der Waals surface area contributed by atoms with Crippen LogP contribution in [0.4, 0.5) is 10.2 Å². The second-order valence-corrected chi connectivity index (χ2v) is 13.3. The Morgan fingerprint density at radius 2 is 1.58 bits per heavy atom. The van der Waals surface area contributed by atoms with Crippen LogP contribution in [0.2, 0.25) is 0 Å². The molecule has 5 nitrogen and oxygen atoms in total. The molecule has 1 aromatic heterocycles. The van der Waals surface area contributed by atoms with Crippen molar-refractivity contribution in [2.45, 2.75) is 126 Å². The van der Waals surface area contributed by atoms with Gasteiger partial charge in [0.05, 0.1) is 18.6 Å². The number of anilines is 1. The number of allylic oxidation sites excluding steroid dienone is 6. The summed E-state index contributed by atoms with van der Waals surface area (Å²) in [5.74, 6) is 0.246. The number of aliphatic hydroxyl groups is 1. The summed E-state index contributed by atoms with van der Waals surface area (Å²) in [7, 11) is 0. The van der Waals surface area contributed by atoms with Crippen molar-refractivity contribution in [3.63, 3.8) is 0 Å². The fourth-order valence-electron chi connectivity index (χ4n) is 6.58. The summed E-state index contributed by atoms with van der Waals surface area (Å²) in [6.07, 6.45) is 6.74. The minimum absolute atomic E-state index is 0.117. The third kappa shape index (κ3) is 6.18. The average Bonchev–Trinajstić information content (AvgIpc) is 3.57. The minimum Gasteiger partial charge on any atom is -0.463 e. The standard InChI is InChI=1S/C37H52FN3O2/c1-12-26-15-16-27(13-2)41(26)35-32-29(19-42)28(14-3)31(25(10)30(23(8)21(4)5)24(9)22(6)7)33(38)34(32)39-36(40-35)43-20-37(11)17-18-37/h26-27,42H,4,10,12-20H2,1-3,5-9,11H3/b30-23-. The van der Waals surface area contributed by atoms with E-state index in [9.17, 15) is 5.11 Å². The van der Waals surface area contributed by atoms with Gasteiger partial charge in [-0.2, -0.15) is 9.97 Å². The van der Waals surface area contributed by atoms with E-state index in [0.717, 1.165) is 72.0 Å². The summed E-state index contributed by atoms with van der Waals surface area (Å²) in [6.45, 7) is 27.7. The molecule has 4 rings (SSSR count). The molecule has 0 radical (unpaired) electrons. The van der Waals surface area contributed by atoms with E-state index in [1.54, 1.807) is 0 Å². The summed E-state index contributed by atoms with van der Waals surface area (Å²) < 4.78 is 23.5. The molecule has 1 aromatic carbocycles. The Hall–Kier alpha value is -2.99. The molecule has 0 spiro atoms. The number of hydrogen-bond acceptors (Lipinski definition) is 5. The molecule has 6 heteroatoms. The molecule has 234 valence electrons. The number of fused-ring (bicyclic) bond motifs is 1. The van der Waals surface area contributed by atoms with E-state index in [-0.39, 0.29) is 35.6 Å². The molecule has 1 aliphatic carbocycles. The van der Waals surface area contributed by atoms with Gasteiger partial charge in [0.25, 0.3) is 0 Å². The number of aromatic nitrogens is 2. The van der Waals surface area contributed by atoms with Crippen LogP contribution in [0.25, 0.3) is 16.5 Å². The number of ether oxygens (including phenoxy) is 1. The van der Waals surface area contributed by atoms with Crippen molar-refractivity contribution >= 4 is 22.3 Å². The Kier molecular flexibility index (Phi) is 9.90. The first-order valence-electron chi connectivity index (χ1n) is 16.1. The van der Waals surface area contributed by atoms with Crippen LogP contribution < -0.4 is 9.64 Å². The van der Waals surface area contributed by atoms with Gasteiger partial charge >= 0.3 is 6.01 Å². The molecule has 2 aliphatic rings. The zero-order valence-corrected chi connectivity index (χ0v) is 28.0. The summed E-state index contributed by atoms with van der Waals surface area (Å²) in [4.78, 5) is 12.1. The predicted molar refractivity (Wildman–Crippen MR) is 178 cm³/mol. The summed E-state index contributed by atoms with van der Waals surface area (Å²) >= 11 is 0. The largest absolute Gasteiger partial charge is 0.463 e. The molecule has 1 saturated carbocycles. The summed E-state index contributed by atoms with van der Waals surface area (Å²) in [5, 5.41) is 11.6. The number of halogens is 1. The van der Waals surface area contributed by atoms with Gasteiger partial charge in [0.15, 0.2) is 5.82 Å². The van der Waals surface area contributed by atoms with Gasteiger partial charge in [0, 0.05) is 23.1 Å². The Morgan fingerprint density at radius 1 is 0.977 bits per heavy atom. The molecule has 0 amide bonds. The van der Waals surface area contributed by atoms with Crippen molar-refractivity contribution in [3.8, 4) is 6.01 Å². The van der Waals surface area contributed by atoms with Crippen molar-refractivity contribution in [2.75, 3.05) is 11.5 Å². The van der Waals surface area contributed by atoms with Crippen molar-refractivity contribution in [1.29, 1.82) is 0 Å². The van der Waals surface area contributed by atoms with Crippen LogP contribution in [0.3, 0.4) is 0 Å². The lowest BCUT2D eigenvalue weighted by Gasteiger charge is -2.33. The topological polar surface area (TPSA) is 58.5 Å². The normalized spacial score (nSPS) is 19.8. The van der Waals surface area contributed by atoms with Crippen LogP contribution in [0, 0.1) is 11.2 Å². The summed E-state index contributed by atoms with van der Waals surface area (Å²) in [5.41, 5.74) is 7.62. The molecule has 2 unspecified atom stereocenters. The minimum atomic E-state index is -0.436. The fourth-order valence-corrected chi connectivity index (χ4v) is 6.58. The van der Waals surface area contributed by atoms with Gasteiger partial charge in [0.1, 0.15) is 11.3 Å². The second kappa shape index (κ2) is 12.9. The Morgan fingerprint density at radius 3 is 2.05 bits per heavy atom. The van der Waals surface area contributed by atoms with Gasteiger partial charge in [-0.1, -0.05) is 52.0 Å². The van der Waals surface area contributed by atoms with E-state index >= 15 is 4.39 Å². The predicted octanol–water partition coefficient (Wildman–Crippen LogP) is 9.42. The van der Waals surface area contributed by atoms with Crippen LogP contribution in [0.5, 0.6) is 6.01 Å². The molecule has 2 heterocycles. The van der Waals surface area contributed by atoms with Gasteiger partial charge in [-0.05, 0) is 113 Å². The third-order valence-corrected chi connectivity index (χ3v) is 9.98. The van der Waals surface area contributed by atoms with Crippen molar-refractivity contribution in [3.05, 3.63) is 63.5 Å². The van der Waals surface area contributed by atoms with Crippen molar-refractivity contribution in [1.82, 2.24) is 9.97 Å². The highest BCUT2D eigenvalue weighted by Crippen LogP contribution is 2.47. The van der Waals surface area contributed by atoms with Gasteiger partial charge in [-0.15, -0.1) is 0 Å². The molecule has 2 atom stereocenters. The maximum atomic E-state index is 17.3. The molecule has 1 N–H and O–H groups in total. The molecule has 2 fully saturated rings. The van der Waals surface area contributed by atoms with E-state index in [4.69, 9.17) is 14.7 Å². The quantitative estimate of drug-likeness (QED) is 0.250. The Balaban J connectivity index is 2.10. The first-order valence-corrected chi connectivity index (χ1v) is 16.1. The highest BCUT2D eigenvalue weighted by molar-refractivity contribution is 5.99. The average molecular weight is 590 g/mol. The van der Waals surface area contributed by atoms with E-state index in [2.05, 4.69) is 52.7 Å². The lowest BCUT2D eigenvalue weighted by atomic mass is 9.82. The molecule has 1 saturated heterocycles. The number of rotatable bonds is 12. The zero-order chi connectivity index (χ0) is 31.8. The van der Waals surface area contributed by atoms with Crippen LogP contribution in [-0.2, 0) is 13.0 Å². The highest BCUT2D eigenvalue weighted by atomic mass is 19.1. The first-order chi connectivity index (χ1) is 20.3. The maximum Gasteiger partial charge on any atom is 0.319 e. The Labute approximate surface area is 258 Å². The van der Waals surface area contributed by atoms with Crippen LogP contribution in [-0.4, -0.2) is 33.8 Å². The number of hydrogen-bond donors (Lipinski definition) is 1. The molecule has 2 aromatic rings. The van der Waals surface area contributed by atoms with Gasteiger partial charge in [-0.3, -0.25) is 0 Å². The lowest BCUT2D eigenvalue weighted by Crippen LogP contribution is -2.36. The molecule has 1 aliphatic heterocycles. The first kappa shape index (κ1) is 32.9. The molecular weight excluding hydrogens is 537 g/mol. The smallest absolute Gasteiger partial charge is 0.319 e. The summed E-state index contributed by atoms with van der Waals surface area (Å²) in [6, 6.07) is 0.753. The number of benzene rings is 1. The third-order valence-electron chi connectivity index (χ3n) is 9.98. The second-order valence-electron chi connectivity index (χ2n) is 13.3. The van der Waals surface area contributed by atoms with Gasteiger partial charge in [-0.25, -0.2) is 4.39 Å². The van der Waals surface area contributed by atoms with Crippen molar-refractivity contribution in [2.24, 2.45) is 5.41 Å². The number of nitrogens with zero attached hydrogens (tertiary/aromatic N) is 3. The van der Waals surface area contributed by atoms with Crippen LogP contribution in [0.1, 0.15) is 118 Å². The SMILES string of the molecule is C=C(C)/C(C)=C(\C(=C)c1c(CC)c(CO)c2c(N3C(CC)CCC3CC)nc(OCC3(C)CC3)nc2c1F)C(C)=C(C)C. The van der Waals surface area contributed by atoms with Crippen LogP contribution >= 0.6 is 0 Å². The van der Waals surface area contributed by atoms with E-state index in [0.29, 0.717) is 40.9 Å². The maximum absolute atomic E-state index is 17.3. The highest BCUT2D eigenvalue weighted by Gasteiger charge is 2.39. The lowest BCUT2D eigenvalue weighted by molar-refractivity contribution is 0.230. The van der Waals surface area contributed by atoms with Gasteiger partial charge in [0.2, 0.25) is 0 Å². The van der Waals surface area contributed by atoms with E-state index in [1.807, 2.05) is 27.7 Å². The van der Waals surface area contributed by atoms with E-state index < -0.39 is 5.82 Å². The molecular formula is C37H52FN3O2. The molecule has 43 heavy (non-hydrogen) atoms. The zero-order valence-electron chi connectivity index (χ0n) is 28.0. The van der Waals surface area contributed by atoms with E-state index in [1.165, 1.54) is 0 Å². The Bertz CT molecular complexity index is 1480. The molecule has 0 bridgehead atoms. The fraction of sp³-hybridized carbons (Fsp3) is 0.568. The van der Waals surface area contributed by atoms with Gasteiger partial charge < -0.3 is 14.7 Å². The van der Waals surface area contributed by atoms with Crippen LogP contribution in [0.15, 0.2) is 41.0 Å². The number of aliphatic hydroxyl groups excluding tert-OH is 1.